The molecule has 0 amide bonds. The molecule has 1 aromatic heterocycles. The molecule has 23 heavy (non-hydrogen) atoms. The zero-order chi connectivity index (χ0) is 16.1. The third-order valence-corrected chi connectivity index (χ3v) is 3.45. The molecule has 0 radical (unpaired) electrons. The number of aromatic nitrogens is 2. The highest BCUT2D eigenvalue weighted by molar-refractivity contribution is 5.51. The van der Waals surface area contributed by atoms with Crippen molar-refractivity contribution < 1.29 is 13.9 Å². The Labute approximate surface area is 134 Å². The van der Waals surface area contributed by atoms with Crippen LogP contribution in [-0.2, 0) is 0 Å². The molecule has 0 saturated heterocycles. The number of nitrogens with zero attached hydrogens (tertiary/aromatic N) is 2. The summed E-state index contributed by atoms with van der Waals surface area (Å²) in [6.07, 6.45) is 0.441. The van der Waals surface area contributed by atoms with Gasteiger partial charge in [0.25, 0.3) is 5.89 Å². The molecule has 5 heteroatoms. The Hall–Kier alpha value is -2.82. The standard InChI is InChI=1S/C18H18N2O3/c1-3-16(22-15-11-9-14(21-2)10-12-15)18-20-19-17(23-18)13-7-5-4-6-8-13/h4-12,16H,3H2,1-2H3. The lowest BCUT2D eigenvalue weighted by atomic mass is 10.2. The number of benzene rings is 2. The second-order valence-electron chi connectivity index (χ2n) is 5.00. The minimum Gasteiger partial charge on any atom is -0.497 e. The van der Waals surface area contributed by atoms with Gasteiger partial charge in [-0.05, 0) is 42.8 Å². The topological polar surface area (TPSA) is 57.4 Å². The second kappa shape index (κ2) is 6.96. The van der Waals surface area contributed by atoms with Crippen molar-refractivity contribution in [1.29, 1.82) is 0 Å². The van der Waals surface area contributed by atoms with E-state index in [9.17, 15) is 0 Å². The summed E-state index contributed by atoms with van der Waals surface area (Å²) in [7, 11) is 1.63. The van der Waals surface area contributed by atoms with Gasteiger partial charge in [-0.3, -0.25) is 0 Å². The Kier molecular flexibility index (Phi) is 4.57. The molecule has 0 fully saturated rings. The van der Waals surface area contributed by atoms with Gasteiger partial charge in [-0.15, -0.1) is 10.2 Å². The predicted octanol–water partition coefficient (Wildman–Crippen LogP) is 4.28. The molecule has 3 aromatic rings. The molecule has 5 nitrogen and oxygen atoms in total. The van der Waals surface area contributed by atoms with Crippen LogP contribution in [0.1, 0.15) is 25.3 Å². The fourth-order valence-electron chi connectivity index (χ4n) is 2.19. The van der Waals surface area contributed by atoms with Crippen LogP contribution >= 0.6 is 0 Å². The Morgan fingerprint density at radius 3 is 2.30 bits per heavy atom. The SMILES string of the molecule is CCC(Oc1ccc(OC)cc1)c1nnc(-c2ccccc2)o1. The monoisotopic (exact) mass is 310 g/mol. The molecule has 3 rings (SSSR count). The molecule has 1 heterocycles. The van der Waals surface area contributed by atoms with E-state index in [0.717, 1.165) is 23.5 Å². The van der Waals surface area contributed by atoms with E-state index in [1.54, 1.807) is 7.11 Å². The molecule has 0 aliphatic heterocycles. The van der Waals surface area contributed by atoms with Crippen LogP contribution in [0.5, 0.6) is 11.5 Å². The number of methoxy groups -OCH3 is 1. The van der Waals surface area contributed by atoms with Crippen molar-refractivity contribution in [3.63, 3.8) is 0 Å². The Balaban J connectivity index is 1.77. The summed E-state index contributed by atoms with van der Waals surface area (Å²) >= 11 is 0. The molecule has 118 valence electrons. The van der Waals surface area contributed by atoms with Gasteiger partial charge in [0.05, 0.1) is 7.11 Å². The van der Waals surface area contributed by atoms with Gasteiger partial charge < -0.3 is 13.9 Å². The number of hydrogen-bond donors (Lipinski definition) is 0. The largest absolute Gasteiger partial charge is 0.497 e. The minimum atomic E-state index is -0.284. The van der Waals surface area contributed by atoms with E-state index in [1.807, 2.05) is 61.5 Å². The summed E-state index contributed by atoms with van der Waals surface area (Å²) in [5, 5.41) is 8.23. The highest BCUT2D eigenvalue weighted by atomic mass is 16.5. The summed E-state index contributed by atoms with van der Waals surface area (Å²) in [5.41, 5.74) is 0.894. The van der Waals surface area contributed by atoms with Crippen LogP contribution in [0, 0.1) is 0 Å². The third-order valence-electron chi connectivity index (χ3n) is 3.45. The van der Waals surface area contributed by atoms with Crippen LogP contribution in [0.3, 0.4) is 0 Å². The summed E-state index contributed by atoms with van der Waals surface area (Å²) in [4.78, 5) is 0. The van der Waals surface area contributed by atoms with E-state index in [0.29, 0.717) is 11.8 Å². The molecule has 0 bridgehead atoms. The van der Waals surface area contributed by atoms with Crippen LogP contribution in [0.25, 0.3) is 11.5 Å². The van der Waals surface area contributed by atoms with Crippen LogP contribution in [-0.4, -0.2) is 17.3 Å². The van der Waals surface area contributed by atoms with Crippen molar-refractivity contribution >= 4 is 0 Å². The first-order chi connectivity index (χ1) is 11.3. The zero-order valence-electron chi connectivity index (χ0n) is 13.1. The lowest BCUT2D eigenvalue weighted by Gasteiger charge is -2.14. The Morgan fingerprint density at radius 1 is 0.957 bits per heavy atom. The maximum atomic E-state index is 5.95. The summed E-state index contributed by atoms with van der Waals surface area (Å²) in [6.45, 7) is 2.01. The lowest BCUT2D eigenvalue weighted by molar-refractivity contribution is 0.166. The number of hydrogen-bond acceptors (Lipinski definition) is 5. The third kappa shape index (κ3) is 3.51. The molecular formula is C18H18N2O3. The zero-order valence-corrected chi connectivity index (χ0v) is 13.1. The van der Waals surface area contributed by atoms with E-state index >= 15 is 0 Å². The summed E-state index contributed by atoms with van der Waals surface area (Å²) in [6, 6.07) is 17.1. The van der Waals surface area contributed by atoms with Gasteiger partial charge in [0.2, 0.25) is 5.89 Å². The molecule has 0 saturated carbocycles. The Morgan fingerprint density at radius 2 is 1.65 bits per heavy atom. The van der Waals surface area contributed by atoms with Crippen molar-refractivity contribution in [2.75, 3.05) is 7.11 Å². The number of rotatable bonds is 6. The maximum Gasteiger partial charge on any atom is 0.257 e. The molecule has 0 spiro atoms. The van der Waals surface area contributed by atoms with Crippen molar-refractivity contribution in [3.8, 4) is 23.0 Å². The summed E-state index contributed by atoms with van der Waals surface area (Å²) in [5.74, 6) is 2.49. The van der Waals surface area contributed by atoms with E-state index in [-0.39, 0.29) is 6.10 Å². The first-order valence-electron chi connectivity index (χ1n) is 7.49. The molecule has 2 aromatic carbocycles. The van der Waals surface area contributed by atoms with Gasteiger partial charge in [-0.1, -0.05) is 25.1 Å². The molecule has 0 N–H and O–H groups in total. The molecular weight excluding hydrogens is 292 g/mol. The second-order valence-corrected chi connectivity index (χ2v) is 5.00. The molecule has 0 aliphatic carbocycles. The molecule has 1 unspecified atom stereocenters. The van der Waals surface area contributed by atoms with Gasteiger partial charge in [0.15, 0.2) is 6.10 Å². The Bertz CT molecular complexity index is 738. The molecule has 0 aliphatic rings. The fourth-order valence-corrected chi connectivity index (χ4v) is 2.19. The lowest BCUT2D eigenvalue weighted by Crippen LogP contribution is -2.06. The van der Waals surface area contributed by atoms with Gasteiger partial charge in [0.1, 0.15) is 11.5 Å². The maximum absolute atomic E-state index is 5.95. The average molecular weight is 310 g/mol. The van der Waals surface area contributed by atoms with Crippen molar-refractivity contribution in [2.24, 2.45) is 0 Å². The van der Waals surface area contributed by atoms with Crippen LogP contribution in [0.15, 0.2) is 59.0 Å². The van der Waals surface area contributed by atoms with Crippen LogP contribution < -0.4 is 9.47 Å². The first-order valence-corrected chi connectivity index (χ1v) is 7.49. The molecule has 1 atom stereocenters. The fraction of sp³-hybridized carbons (Fsp3) is 0.222. The van der Waals surface area contributed by atoms with Crippen molar-refractivity contribution in [2.45, 2.75) is 19.4 Å². The van der Waals surface area contributed by atoms with E-state index in [2.05, 4.69) is 10.2 Å². The smallest absolute Gasteiger partial charge is 0.257 e. The highest BCUT2D eigenvalue weighted by Crippen LogP contribution is 2.27. The van der Waals surface area contributed by atoms with Gasteiger partial charge in [-0.2, -0.15) is 0 Å². The highest BCUT2D eigenvalue weighted by Gasteiger charge is 2.19. The quantitative estimate of drug-likeness (QED) is 0.680. The van der Waals surface area contributed by atoms with Gasteiger partial charge in [-0.25, -0.2) is 0 Å². The normalized spacial score (nSPS) is 11.9. The predicted molar refractivity (Wildman–Crippen MR) is 86.4 cm³/mol. The van der Waals surface area contributed by atoms with Crippen molar-refractivity contribution in [1.82, 2.24) is 10.2 Å². The summed E-state index contributed by atoms with van der Waals surface area (Å²) < 4.78 is 16.9. The van der Waals surface area contributed by atoms with E-state index in [1.165, 1.54) is 0 Å². The van der Waals surface area contributed by atoms with Gasteiger partial charge >= 0.3 is 0 Å². The van der Waals surface area contributed by atoms with Crippen LogP contribution in [0.2, 0.25) is 0 Å². The van der Waals surface area contributed by atoms with Crippen LogP contribution in [0.4, 0.5) is 0 Å². The average Bonchev–Trinajstić information content (AvgIpc) is 3.11. The van der Waals surface area contributed by atoms with Gasteiger partial charge in [0, 0.05) is 5.56 Å². The minimum absolute atomic E-state index is 0.284. The number of ether oxygens (including phenoxy) is 2. The first kappa shape index (κ1) is 15.1. The van der Waals surface area contributed by atoms with Crippen molar-refractivity contribution in [3.05, 3.63) is 60.5 Å². The van der Waals surface area contributed by atoms with E-state index < -0.39 is 0 Å². The van der Waals surface area contributed by atoms with E-state index in [4.69, 9.17) is 13.9 Å².